The van der Waals surface area contributed by atoms with E-state index in [1.165, 1.54) is 4.90 Å². The van der Waals surface area contributed by atoms with E-state index >= 15 is 0 Å². The molecule has 1 N–H and O–H groups in total. The zero-order valence-corrected chi connectivity index (χ0v) is 15.2. The molecule has 27 heavy (non-hydrogen) atoms. The Balaban J connectivity index is 1.97. The van der Waals surface area contributed by atoms with Crippen LogP contribution in [0.4, 0.5) is 8.78 Å². The van der Waals surface area contributed by atoms with Gasteiger partial charge in [-0.2, -0.15) is 0 Å². The molecule has 0 saturated carbocycles. The van der Waals surface area contributed by atoms with Gasteiger partial charge in [0.05, 0.1) is 23.0 Å². The van der Waals surface area contributed by atoms with Crippen molar-refractivity contribution in [3.8, 4) is 0 Å². The third kappa shape index (κ3) is 4.14. The standard InChI is InChI=1S/C19H16ClF2N3O2/c1-2-7-25(19(27)14-9-12(21)4-6-15(14)22)10-17-23-16-8-11(20)3-5-13(16)18(26)24-17/h3-6,8-9H,2,7,10H2,1H3,(H,23,24,26). The van der Waals surface area contributed by atoms with E-state index in [1.807, 2.05) is 6.92 Å². The molecule has 1 heterocycles. The van der Waals surface area contributed by atoms with Gasteiger partial charge in [0.1, 0.15) is 17.5 Å². The molecule has 0 radical (unpaired) electrons. The van der Waals surface area contributed by atoms with Crippen molar-refractivity contribution in [1.82, 2.24) is 14.9 Å². The lowest BCUT2D eigenvalue weighted by molar-refractivity contribution is 0.0733. The van der Waals surface area contributed by atoms with Gasteiger partial charge in [0.25, 0.3) is 11.5 Å². The molecule has 3 aromatic rings. The zero-order chi connectivity index (χ0) is 19.6. The highest BCUT2D eigenvalue weighted by Gasteiger charge is 2.21. The number of nitrogens with zero attached hydrogens (tertiary/aromatic N) is 2. The fourth-order valence-corrected chi connectivity index (χ4v) is 2.94. The van der Waals surface area contributed by atoms with Crippen LogP contribution in [0, 0.1) is 11.6 Å². The molecule has 140 valence electrons. The van der Waals surface area contributed by atoms with Gasteiger partial charge in [-0.05, 0) is 42.8 Å². The van der Waals surface area contributed by atoms with E-state index in [9.17, 15) is 18.4 Å². The Labute approximate surface area is 158 Å². The molecule has 8 heteroatoms. The highest BCUT2D eigenvalue weighted by molar-refractivity contribution is 6.31. The van der Waals surface area contributed by atoms with Crippen molar-refractivity contribution in [3.63, 3.8) is 0 Å². The molecule has 3 rings (SSSR count). The van der Waals surface area contributed by atoms with Crippen molar-refractivity contribution in [2.24, 2.45) is 0 Å². The molecule has 0 bridgehead atoms. The first kappa shape index (κ1) is 19.0. The predicted octanol–water partition coefficient (Wildman–Crippen LogP) is 3.91. The second-order valence-corrected chi connectivity index (χ2v) is 6.46. The molecular formula is C19H16ClF2N3O2. The van der Waals surface area contributed by atoms with Crippen LogP contribution in [0.25, 0.3) is 10.9 Å². The minimum absolute atomic E-state index is 0.0552. The molecule has 0 spiro atoms. The van der Waals surface area contributed by atoms with E-state index in [-0.39, 0.29) is 30.0 Å². The summed E-state index contributed by atoms with van der Waals surface area (Å²) < 4.78 is 27.4. The van der Waals surface area contributed by atoms with Crippen LogP contribution in [-0.4, -0.2) is 27.3 Å². The van der Waals surface area contributed by atoms with Gasteiger partial charge in [0.2, 0.25) is 0 Å². The maximum absolute atomic E-state index is 14.0. The SMILES string of the molecule is CCCN(Cc1nc2cc(Cl)ccc2c(=O)[nH]1)C(=O)c1cc(F)ccc1F. The van der Waals surface area contributed by atoms with Crippen LogP contribution < -0.4 is 5.56 Å². The molecular weight excluding hydrogens is 376 g/mol. The predicted molar refractivity (Wildman–Crippen MR) is 98.8 cm³/mol. The van der Waals surface area contributed by atoms with E-state index in [0.717, 1.165) is 18.2 Å². The Bertz CT molecular complexity index is 1070. The number of benzene rings is 2. The number of H-pyrrole nitrogens is 1. The van der Waals surface area contributed by atoms with Crippen molar-refractivity contribution >= 4 is 28.4 Å². The van der Waals surface area contributed by atoms with Gasteiger partial charge in [-0.3, -0.25) is 9.59 Å². The second kappa shape index (κ2) is 7.84. The van der Waals surface area contributed by atoms with Crippen molar-refractivity contribution in [2.75, 3.05) is 6.54 Å². The summed E-state index contributed by atoms with van der Waals surface area (Å²) in [6, 6.07) is 7.40. The lowest BCUT2D eigenvalue weighted by atomic mass is 10.1. The summed E-state index contributed by atoms with van der Waals surface area (Å²) >= 11 is 5.95. The number of halogens is 3. The normalized spacial score (nSPS) is 11.0. The number of carbonyl (C=O) groups excluding carboxylic acids is 1. The van der Waals surface area contributed by atoms with Gasteiger partial charge in [0.15, 0.2) is 0 Å². The summed E-state index contributed by atoms with van der Waals surface area (Å²) in [5.74, 6) is -1.96. The number of rotatable bonds is 5. The zero-order valence-electron chi connectivity index (χ0n) is 14.4. The van der Waals surface area contributed by atoms with Gasteiger partial charge < -0.3 is 9.88 Å². The van der Waals surface area contributed by atoms with Crippen molar-refractivity contribution < 1.29 is 13.6 Å². The third-order valence-corrected chi connectivity index (χ3v) is 4.23. The van der Waals surface area contributed by atoms with Crippen LogP contribution >= 0.6 is 11.6 Å². The average Bonchev–Trinajstić information content (AvgIpc) is 2.62. The van der Waals surface area contributed by atoms with Crippen LogP contribution in [-0.2, 0) is 6.54 Å². The maximum Gasteiger partial charge on any atom is 0.258 e. The minimum Gasteiger partial charge on any atom is -0.331 e. The van der Waals surface area contributed by atoms with E-state index in [0.29, 0.717) is 22.3 Å². The third-order valence-electron chi connectivity index (χ3n) is 4.00. The summed E-state index contributed by atoms with van der Waals surface area (Å²) in [7, 11) is 0. The molecule has 0 aliphatic heterocycles. The van der Waals surface area contributed by atoms with Crippen LogP contribution in [0.5, 0.6) is 0 Å². The number of amides is 1. The molecule has 0 aliphatic rings. The molecule has 1 aromatic heterocycles. The Morgan fingerprint density at radius 3 is 2.74 bits per heavy atom. The fourth-order valence-electron chi connectivity index (χ4n) is 2.77. The number of hydrogen-bond acceptors (Lipinski definition) is 3. The molecule has 2 aromatic carbocycles. The molecule has 0 saturated heterocycles. The van der Waals surface area contributed by atoms with Crippen molar-refractivity contribution in [3.05, 3.63) is 74.8 Å². The Morgan fingerprint density at radius 1 is 1.22 bits per heavy atom. The number of aromatic nitrogens is 2. The lowest BCUT2D eigenvalue weighted by Crippen LogP contribution is -2.33. The largest absolute Gasteiger partial charge is 0.331 e. The topological polar surface area (TPSA) is 66.1 Å². The smallest absolute Gasteiger partial charge is 0.258 e. The van der Waals surface area contributed by atoms with E-state index in [1.54, 1.807) is 18.2 Å². The minimum atomic E-state index is -0.811. The molecule has 5 nitrogen and oxygen atoms in total. The fraction of sp³-hybridized carbons (Fsp3) is 0.211. The first-order valence-electron chi connectivity index (χ1n) is 8.32. The summed E-state index contributed by atoms with van der Waals surface area (Å²) in [5.41, 5.74) is -0.343. The maximum atomic E-state index is 14.0. The summed E-state index contributed by atoms with van der Waals surface area (Å²) in [6.07, 6.45) is 0.590. The summed E-state index contributed by atoms with van der Waals surface area (Å²) in [5, 5.41) is 0.794. The van der Waals surface area contributed by atoms with E-state index in [4.69, 9.17) is 11.6 Å². The Kier molecular flexibility index (Phi) is 5.51. The highest BCUT2D eigenvalue weighted by Crippen LogP contribution is 2.17. The first-order chi connectivity index (χ1) is 12.9. The number of hydrogen-bond donors (Lipinski definition) is 1. The lowest BCUT2D eigenvalue weighted by Gasteiger charge is -2.22. The van der Waals surface area contributed by atoms with Gasteiger partial charge in [-0.25, -0.2) is 13.8 Å². The van der Waals surface area contributed by atoms with Crippen molar-refractivity contribution in [2.45, 2.75) is 19.9 Å². The molecule has 0 fully saturated rings. The van der Waals surface area contributed by atoms with Gasteiger partial charge in [-0.1, -0.05) is 18.5 Å². The van der Waals surface area contributed by atoms with E-state index < -0.39 is 17.5 Å². The first-order valence-corrected chi connectivity index (χ1v) is 8.69. The van der Waals surface area contributed by atoms with Gasteiger partial charge in [0, 0.05) is 11.6 Å². The molecule has 0 atom stereocenters. The van der Waals surface area contributed by atoms with Gasteiger partial charge in [-0.15, -0.1) is 0 Å². The van der Waals surface area contributed by atoms with Crippen molar-refractivity contribution in [1.29, 1.82) is 0 Å². The number of carbonyl (C=O) groups is 1. The number of nitrogens with one attached hydrogen (secondary N) is 1. The van der Waals surface area contributed by atoms with Gasteiger partial charge >= 0.3 is 0 Å². The highest BCUT2D eigenvalue weighted by atomic mass is 35.5. The summed E-state index contributed by atoms with van der Waals surface area (Å²) in [4.78, 5) is 33.2. The van der Waals surface area contributed by atoms with Crippen LogP contribution in [0.1, 0.15) is 29.5 Å². The molecule has 0 unspecified atom stereocenters. The Hall–Kier alpha value is -2.80. The second-order valence-electron chi connectivity index (χ2n) is 6.02. The van der Waals surface area contributed by atoms with Crippen LogP contribution in [0.2, 0.25) is 5.02 Å². The molecule has 0 aliphatic carbocycles. The quantitative estimate of drug-likeness (QED) is 0.717. The van der Waals surface area contributed by atoms with Crippen LogP contribution in [0.3, 0.4) is 0 Å². The van der Waals surface area contributed by atoms with E-state index in [2.05, 4.69) is 9.97 Å². The Morgan fingerprint density at radius 2 is 2.00 bits per heavy atom. The van der Waals surface area contributed by atoms with Crippen LogP contribution in [0.15, 0.2) is 41.2 Å². The number of aromatic amines is 1. The molecule has 1 amide bonds. The monoisotopic (exact) mass is 391 g/mol. The average molecular weight is 392 g/mol. The number of fused-ring (bicyclic) bond motifs is 1. The summed E-state index contributed by atoms with van der Waals surface area (Å²) in [6.45, 7) is 2.07.